The summed E-state index contributed by atoms with van der Waals surface area (Å²) in [4.78, 5) is 21.7. The average Bonchev–Trinajstić information content (AvgIpc) is 2.69. The first kappa shape index (κ1) is 16.7. The van der Waals surface area contributed by atoms with Crippen LogP contribution in [0.4, 0.5) is 0 Å². The first-order chi connectivity index (χ1) is 12.3. The van der Waals surface area contributed by atoms with Crippen molar-refractivity contribution < 1.29 is 4.79 Å². The number of aromatic nitrogens is 2. The zero-order valence-corrected chi connectivity index (χ0v) is 15.6. The SMILES string of the molecule is CC1(C)C=CC2=C(C=C1)C(c1ncnc3c1C=CC(C)(C)C=C3)C(=O)N2. The third-order valence-electron chi connectivity index (χ3n) is 5.08. The van der Waals surface area contributed by atoms with Gasteiger partial charge in [-0.3, -0.25) is 4.79 Å². The fourth-order valence-electron chi connectivity index (χ4n) is 3.43. The van der Waals surface area contributed by atoms with E-state index in [1.54, 1.807) is 6.33 Å². The molecule has 2 heterocycles. The summed E-state index contributed by atoms with van der Waals surface area (Å²) in [6, 6.07) is 0. The maximum absolute atomic E-state index is 12.8. The number of carbonyl (C=O) groups excluding carboxylic acids is 1. The largest absolute Gasteiger partial charge is 0.325 e. The van der Waals surface area contributed by atoms with E-state index in [4.69, 9.17) is 0 Å². The standard InChI is InChI=1S/C22H23N3O/c1-21(2)9-5-14-17(8-12-21)25-20(26)18(14)19-15-6-10-22(3,4)11-7-16(15)23-13-24-19/h5-13,18H,1-4H3,(H,25,26). The molecule has 2 aliphatic carbocycles. The molecule has 132 valence electrons. The van der Waals surface area contributed by atoms with Crippen LogP contribution in [0.2, 0.25) is 0 Å². The van der Waals surface area contributed by atoms with Crippen LogP contribution in [0.25, 0.3) is 12.2 Å². The molecule has 26 heavy (non-hydrogen) atoms. The van der Waals surface area contributed by atoms with E-state index in [2.05, 4.69) is 79.4 Å². The maximum Gasteiger partial charge on any atom is 0.238 e. The van der Waals surface area contributed by atoms with Crippen LogP contribution in [0, 0.1) is 10.8 Å². The Labute approximate surface area is 154 Å². The number of fused-ring (bicyclic) bond motifs is 1. The molecule has 0 bridgehead atoms. The minimum absolute atomic E-state index is 0.0363. The van der Waals surface area contributed by atoms with Gasteiger partial charge in [-0.15, -0.1) is 0 Å². The van der Waals surface area contributed by atoms with E-state index in [1.165, 1.54) is 0 Å². The first-order valence-corrected chi connectivity index (χ1v) is 8.93. The quantitative estimate of drug-likeness (QED) is 0.831. The summed E-state index contributed by atoms with van der Waals surface area (Å²) in [7, 11) is 0. The predicted molar refractivity (Wildman–Crippen MR) is 104 cm³/mol. The topological polar surface area (TPSA) is 54.9 Å². The second kappa shape index (κ2) is 5.63. The van der Waals surface area contributed by atoms with Crippen LogP contribution in [-0.4, -0.2) is 15.9 Å². The van der Waals surface area contributed by atoms with Gasteiger partial charge in [0.1, 0.15) is 12.2 Å². The lowest BCUT2D eigenvalue weighted by molar-refractivity contribution is -0.120. The number of nitrogens with zero attached hydrogens (tertiary/aromatic N) is 2. The molecule has 4 rings (SSSR count). The molecule has 0 aromatic carbocycles. The van der Waals surface area contributed by atoms with Crippen LogP contribution in [0.5, 0.6) is 0 Å². The highest BCUT2D eigenvalue weighted by molar-refractivity contribution is 5.94. The normalized spacial score (nSPS) is 24.8. The summed E-state index contributed by atoms with van der Waals surface area (Å²) >= 11 is 0. The summed E-state index contributed by atoms with van der Waals surface area (Å²) in [6.07, 6.45) is 18.2. The van der Waals surface area contributed by atoms with E-state index in [1.807, 2.05) is 12.2 Å². The zero-order valence-electron chi connectivity index (χ0n) is 15.6. The lowest BCUT2D eigenvalue weighted by atomic mass is 9.89. The molecular formula is C22H23N3O. The van der Waals surface area contributed by atoms with Gasteiger partial charge in [0.15, 0.2) is 0 Å². The van der Waals surface area contributed by atoms with Crippen molar-refractivity contribution in [3.63, 3.8) is 0 Å². The summed E-state index contributed by atoms with van der Waals surface area (Å²) in [6.45, 7) is 8.57. The fraction of sp³-hybridized carbons (Fsp3) is 0.318. The molecular weight excluding hydrogens is 322 g/mol. The molecule has 1 N–H and O–H groups in total. The van der Waals surface area contributed by atoms with E-state index >= 15 is 0 Å². The summed E-state index contributed by atoms with van der Waals surface area (Å²) < 4.78 is 0. The number of nitrogens with one attached hydrogen (secondary N) is 1. The molecule has 0 saturated carbocycles. The second-order valence-electron chi connectivity index (χ2n) is 8.33. The summed E-state index contributed by atoms with van der Waals surface area (Å²) in [5.41, 5.74) is 4.26. The first-order valence-electron chi connectivity index (χ1n) is 8.93. The Bertz CT molecular complexity index is 942. The van der Waals surface area contributed by atoms with E-state index in [9.17, 15) is 4.79 Å². The number of hydrogen-bond donors (Lipinski definition) is 1. The predicted octanol–water partition coefficient (Wildman–Crippen LogP) is 4.16. The number of carbonyl (C=O) groups is 1. The number of allylic oxidation sites excluding steroid dienone is 6. The lowest BCUT2D eigenvalue weighted by Crippen LogP contribution is -2.22. The van der Waals surface area contributed by atoms with Crippen molar-refractivity contribution in [2.45, 2.75) is 33.6 Å². The van der Waals surface area contributed by atoms with Crippen LogP contribution in [0.3, 0.4) is 0 Å². The minimum atomic E-state index is -0.421. The highest BCUT2D eigenvalue weighted by Crippen LogP contribution is 2.39. The van der Waals surface area contributed by atoms with Gasteiger partial charge in [-0.05, 0) is 17.7 Å². The van der Waals surface area contributed by atoms with Crippen LogP contribution >= 0.6 is 0 Å². The molecule has 1 aromatic heterocycles. The van der Waals surface area contributed by atoms with Crippen LogP contribution < -0.4 is 5.32 Å². The highest BCUT2D eigenvalue weighted by atomic mass is 16.2. The maximum atomic E-state index is 12.8. The van der Waals surface area contributed by atoms with Crippen molar-refractivity contribution in [3.05, 3.63) is 71.0 Å². The van der Waals surface area contributed by atoms with Gasteiger partial charge in [0.2, 0.25) is 5.91 Å². The minimum Gasteiger partial charge on any atom is -0.325 e. The monoisotopic (exact) mass is 345 g/mol. The summed E-state index contributed by atoms with van der Waals surface area (Å²) in [5, 5.41) is 3.02. The van der Waals surface area contributed by atoms with Gasteiger partial charge in [0.25, 0.3) is 0 Å². The molecule has 1 amide bonds. The van der Waals surface area contributed by atoms with E-state index < -0.39 is 5.92 Å². The van der Waals surface area contributed by atoms with Crippen molar-refractivity contribution in [3.8, 4) is 0 Å². The zero-order chi connectivity index (χ0) is 18.5. The van der Waals surface area contributed by atoms with Crippen molar-refractivity contribution in [1.29, 1.82) is 0 Å². The smallest absolute Gasteiger partial charge is 0.238 e. The Hall–Kier alpha value is -2.75. The molecule has 0 radical (unpaired) electrons. The third-order valence-corrected chi connectivity index (χ3v) is 5.08. The van der Waals surface area contributed by atoms with Gasteiger partial charge in [0.05, 0.1) is 11.4 Å². The molecule has 1 unspecified atom stereocenters. The Kier molecular flexibility index (Phi) is 3.62. The van der Waals surface area contributed by atoms with Gasteiger partial charge in [-0.25, -0.2) is 9.97 Å². The van der Waals surface area contributed by atoms with Gasteiger partial charge >= 0.3 is 0 Å². The van der Waals surface area contributed by atoms with Crippen LogP contribution in [0.1, 0.15) is 50.6 Å². The van der Waals surface area contributed by atoms with E-state index in [0.717, 1.165) is 28.2 Å². The van der Waals surface area contributed by atoms with E-state index in [-0.39, 0.29) is 16.7 Å². The Balaban J connectivity index is 1.85. The van der Waals surface area contributed by atoms with Crippen LogP contribution in [0.15, 0.2) is 54.1 Å². The molecule has 3 aliphatic rings. The van der Waals surface area contributed by atoms with Crippen molar-refractivity contribution >= 4 is 18.1 Å². The van der Waals surface area contributed by atoms with Gasteiger partial charge < -0.3 is 5.32 Å². The average molecular weight is 345 g/mol. The molecule has 4 heteroatoms. The molecule has 4 nitrogen and oxygen atoms in total. The Morgan fingerprint density at radius 3 is 2.31 bits per heavy atom. The van der Waals surface area contributed by atoms with Gasteiger partial charge in [-0.1, -0.05) is 64.2 Å². The van der Waals surface area contributed by atoms with Gasteiger partial charge in [0, 0.05) is 22.1 Å². The third kappa shape index (κ3) is 2.85. The molecule has 1 aliphatic heterocycles. The fourth-order valence-corrected chi connectivity index (χ4v) is 3.43. The van der Waals surface area contributed by atoms with Gasteiger partial charge in [-0.2, -0.15) is 0 Å². The Morgan fingerprint density at radius 1 is 0.885 bits per heavy atom. The van der Waals surface area contributed by atoms with Crippen molar-refractivity contribution in [2.24, 2.45) is 10.8 Å². The highest BCUT2D eigenvalue weighted by Gasteiger charge is 2.36. The van der Waals surface area contributed by atoms with Crippen molar-refractivity contribution in [1.82, 2.24) is 15.3 Å². The lowest BCUT2D eigenvalue weighted by Gasteiger charge is -2.16. The molecule has 0 saturated heterocycles. The number of hydrogen-bond acceptors (Lipinski definition) is 3. The van der Waals surface area contributed by atoms with E-state index in [0.29, 0.717) is 0 Å². The summed E-state index contributed by atoms with van der Waals surface area (Å²) in [5.74, 6) is -0.457. The molecule has 0 spiro atoms. The molecule has 0 fully saturated rings. The van der Waals surface area contributed by atoms with Crippen LogP contribution in [-0.2, 0) is 4.79 Å². The molecule has 1 aromatic rings. The van der Waals surface area contributed by atoms with Crippen molar-refractivity contribution in [2.75, 3.05) is 0 Å². The number of rotatable bonds is 1. The number of amides is 1. The Morgan fingerprint density at radius 2 is 1.54 bits per heavy atom. The molecule has 1 atom stereocenters. The second-order valence-corrected chi connectivity index (χ2v) is 8.33.